The van der Waals surface area contributed by atoms with Gasteiger partial charge in [-0.25, -0.2) is 14.8 Å². The molecule has 1 saturated carbocycles. The summed E-state index contributed by atoms with van der Waals surface area (Å²) < 4.78 is 10.8. The summed E-state index contributed by atoms with van der Waals surface area (Å²) in [6.07, 6.45) is 6.45. The van der Waals surface area contributed by atoms with Crippen molar-refractivity contribution in [1.29, 1.82) is 0 Å². The van der Waals surface area contributed by atoms with Crippen LogP contribution in [0.4, 0.5) is 16.4 Å². The summed E-state index contributed by atoms with van der Waals surface area (Å²) in [7, 11) is 1.74. The molecule has 2 fully saturated rings. The summed E-state index contributed by atoms with van der Waals surface area (Å²) >= 11 is 0. The van der Waals surface area contributed by atoms with Crippen molar-refractivity contribution < 1.29 is 23.9 Å². The third-order valence-corrected chi connectivity index (χ3v) is 9.32. The van der Waals surface area contributed by atoms with Crippen LogP contribution in [0.1, 0.15) is 64.5 Å². The van der Waals surface area contributed by atoms with Crippen molar-refractivity contribution in [1.82, 2.24) is 20.6 Å². The molecule has 3 amide bonds. The molecular formula is C39H51N7O5. The van der Waals surface area contributed by atoms with Gasteiger partial charge in [-0.15, -0.1) is 0 Å². The third kappa shape index (κ3) is 11.1. The average molecular weight is 698 g/mol. The van der Waals surface area contributed by atoms with Gasteiger partial charge in [0.2, 0.25) is 17.8 Å². The van der Waals surface area contributed by atoms with Crippen molar-refractivity contribution in [2.75, 3.05) is 50.1 Å². The van der Waals surface area contributed by atoms with Gasteiger partial charge < -0.3 is 30.3 Å². The maximum atomic E-state index is 13.8. The van der Waals surface area contributed by atoms with Gasteiger partial charge in [0.15, 0.2) is 0 Å². The molecule has 12 nitrogen and oxygen atoms in total. The van der Waals surface area contributed by atoms with Crippen molar-refractivity contribution in [2.45, 2.75) is 71.4 Å². The molecule has 2 heterocycles. The van der Waals surface area contributed by atoms with E-state index in [-0.39, 0.29) is 23.7 Å². The molecule has 1 aliphatic carbocycles. The van der Waals surface area contributed by atoms with Crippen LogP contribution in [-0.2, 0) is 25.5 Å². The van der Waals surface area contributed by atoms with Gasteiger partial charge in [-0.3, -0.25) is 14.6 Å². The van der Waals surface area contributed by atoms with E-state index in [1.165, 1.54) is 0 Å². The number of aliphatic imine (C=N–C) groups is 1. The molecule has 12 heteroatoms. The van der Waals surface area contributed by atoms with Crippen molar-refractivity contribution in [3.63, 3.8) is 0 Å². The van der Waals surface area contributed by atoms with Gasteiger partial charge >= 0.3 is 6.09 Å². The van der Waals surface area contributed by atoms with Crippen LogP contribution in [0.2, 0.25) is 0 Å². The fourth-order valence-corrected chi connectivity index (χ4v) is 6.33. The molecule has 0 bridgehead atoms. The van der Waals surface area contributed by atoms with Crippen LogP contribution in [0.15, 0.2) is 65.9 Å². The molecule has 1 aromatic heterocycles. The van der Waals surface area contributed by atoms with Crippen LogP contribution in [-0.4, -0.2) is 85.1 Å². The molecule has 2 aliphatic rings. The lowest BCUT2D eigenvalue weighted by Crippen LogP contribution is -2.48. The van der Waals surface area contributed by atoms with Gasteiger partial charge in [0.25, 0.3) is 0 Å². The summed E-state index contributed by atoms with van der Waals surface area (Å²) in [4.78, 5) is 55.2. The first-order valence-corrected chi connectivity index (χ1v) is 17.8. The Morgan fingerprint density at radius 1 is 0.980 bits per heavy atom. The van der Waals surface area contributed by atoms with Crippen molar-refractivity contribution in [3.05, 3.63) is 72.1 Å². The van der Waals surface area contributed by atoms with Crippen LogP contribution in [0.5, 0.6) is 0 Å². The molecule has 1 aliphatic heterocycles. The van der Waals surface area contributed by atoms with Crippen LogP contribution in [0, 0.1) is 11.8 Å². The number of ether oxygens (including phenoxy) is 2. The molecule has 1 atom stereocenters. The van der Waals surface area contributed by atoms with E-state index in [0.29, 0.717) is 50.7 Å². The number of nitrogens with zero attached hydrogens (tertiary/aromatic N) is 4. The number of hydrogen-bond acceptors (Lipinski definition) is 9. The second-order valence-electron chi connectivity index (χ2n) is 14.3. The van der Waals surface area contributed by atoms with E-state index >= 15 is 0 Å². The number of amides is 3. The highest BCUT2D eigenvalue weighted by Gasteiger charge is 2.30. The minimum Gasteiger partial charge on any atom is -0.444 e. The molecule has 3 N–H and O–H groups in total. The maximum Gasteiger partial charge on any atom is 0.407 e. The topological polar surface area (TPSA) is 147 Å². The lowest BCUT2D eigenvalue weighted by atomic mass is 9.81. The van der Waals surface area contributed by atoms with Gasteiger partial charge in [-0.05, 0) is 88.1 Å². The molecule has 0 radical (unpaired) electrons. The Morgan fingerprint density at radius 3 is 2.31 bits per heavy atom. The second-order valence-corrected chi connectivity index (χ2v) is 14.3. The molecule has 272 valence electrons. The number of nitrogens with one attached hydrogen (secondary N) is 3. The number of hydrogen-bond donors (Lipinski definition) is 3. The predicted octanol–water partition coefficient (Wildman–Crippen LogP) is 5.42. The Kier molecular flexibility index (Phi) is 12.8. The number of aromatic nitrogens is 2. The number of carbonyl (C=O) groups is 3. The molecule has 0 unspecified atom stereocenters. The fourth-order valence-electron chi connectivity index (χ4n) is 6.33. The van der Waals surface area contributed by atoms with Crippen molar-refractivity contribution in [2.24, 2.45) is 16.8 Å². The molecule has 1 saturated heterocycles. The second kappa shape index (κ2) is 17.4. The summed E-state index contributed by atoms with van der Waals surface area (Å²) in [5.41, 5.74) is 4.63. The summed E-state index contributed by atoms with van der Waals surface area (Å²) in [5, 5.41) is 8.96. The molecule has 5 rings (SSSR count). The van der Waals surface area contributed by atoms with Gasteiger partial charge in [-0.1, -0.05) is 36.4 Å². The third-order valence-electron chi connectivity index (χ3n) is 9.32. The molecular weight excluding hydrogens is 646 g/mol. The van der Waals surface area contributed by atoms with Crippen LogP contribution in [0.25, 0.3) is 11.1 Å². The van der Waals surface area contributed by atoms with E-state index < -0.39 is 17.7 Å². The predicted molar refractivity (Wildman–Crippen MR) is 199 cm³/mol. The highest BCUT2D eigenvalue weighted by molar-refractivity contribution is 6.00. The summed E-state index contributed by atoms with van der Waals surface area (Å²) in [5.74, 6) is 0.288. The Labute approximate surface area is 300 Å². The van der Waals surface area contributed by atoms with E-state index in [1.807, 2.05) is 88.6 Å². The number of alkyl carbamates (subject to hydrolysis) is 1. The van der Waals surface area contributed by atoms with Gasteiger partial charge in [-0.2, -0.15) is 0 Å². The monoisotopic (exact) mass is 697 g/mol. The quantitative estimate of drug-likeness (QED) is 0.225. The summed E-state index contributed by atoms with van der Waals surface area (Å²) in [6.45, 7) is 10.8. The van der Waals surface area contributed by atoms with E-state index in [0.717, 1.165) is 53.9 Å². The van der Waals surface area contributed by atoms with Gasteiger partial charge in [0, 0.05) is 68.4 Å². The maximum absolute atomic E-state index is 13.8. The number of morpholine rings is 1. The van der Waals surface area contributed by atoms with Gasteiger partial charge in [0.05, 0.1) is 13.2 Å². The first-order valence-electron chi connectivity index (χ1n) is 17.8. The zero-order valence-corrected chi connectivity index (χ0v) is 30.4. The van der Waals surface area contributed by atoms with Crippen molar-refractivity contribution >= 4 is 35.3 Å². The zero-order valence-electron chi connectivity index (χ0n) is 30.4. The first-order chi connectivity index (χ1) is 24.5. The van der Waals surface area contributed by atoms with Crippen LogP contribution in [0.3, 0.4) is 0 Å². The lowest BCUT2D eigenvalue weighted by Gasteiger charge is -2.29. The molecule has 3 aromatic rings. The van der Waals surface area contributed by atoms with E-state index in [9.17, 15) is 14.4 Å². The normalized spacial score (nSPS) is 18.8. The minimum absolute atomic E-state index is 0.137. The zero-order chi connectivity index (χ0) is 36.4. The molecule has 51 heavy (non-hydrogen) atoms. The Hall–Kier alpha value is -4.84. The fraction of sp³-hybridized carbons (Fsp3) is 0.487. The van der Waals surface area contributed by atoms with E-state index in [4.69, 9.17) is 9.47 Å². The number of benzene rings is 2. The standard InChI is InChI=1S/C39H51N7O5/c1-26(40-5)29-13-15-33(16-14-29)44-36(48)34(45-35(47)30-11-9-27(10-12-30)23-43-38(49)51-39(2,3)4)22-28-7-6-8-31(21-28)32-24-41-37(42-25-32)46-17-19-50-20-18-46/h6-8,13-16,21,24-25,27,30,34H,9-12,17-20,22-23H2,1-5H3,(H,43,49)(H,44,48)(H,45,47)/t27?,30?,34-/m0/s1. The largest absolute Gasteiger partial charge is 0.444 e. The van der Waals surface area contributed by atoms with E-state index in [1.54, 1.807) is 7.05 Å². The number of anilines is 2. The highest BCUT2D eigenvalue weighted by atomic mass is 16.6. The van der Waals surface area contributed by atoms with Crippen LogP contribution >= 0.6 is 0 Å². The average Bonchev–Trinajstić information content (AvgIpc) is 3.13. The molecule has 2 aromatic carbocycles. The SMILES string of the molecule is CN=C(C)c1ccc(NC(=O)[C@H](Cc2cccc(-c3cnc(N4CCOCC4)nc3)c2)NC(=O)C2CCC(CNC(=O)OC(C)(C)C)CC2)cc1. The first kappa shape index (κ1) is 37.4. The highest BCUT2D eigenvalue weighted by Crippen LogP contribution is 2.29. The number of carbonyl (C=O) groups excluding carboxylic acids is 3. The van der Waals surface area contributed by atoms with E-state index in [2.05, 4.69) is 35.8 Å². The molecule has 0 spiro atoms. The Morgan fingerprint density at radius 2 is 1.67 bits per heavy atom. The number of rotatable bonds is 11. The summed E-state index contributed by atoms with van der Waals surface area (Å²) in [6, 6.07) is 14.6. The van der Waals surface area contributed by atoms with Crippen LogP contribution < -0.4 is 20.9 Å². The Balaban J connectivity index is 1.25. The lowest BCUT2D eigenvalue weighted by molar-refractivity contribution is -0.130. The smallest absolute Gasteiger partial charge is 0.407 e. The van der Waals surface area contributed by atoms with Gasteiger partial charge in [0.1, 0.15) is 11.6 Å². The minimum atomic E-state index is -0.808. The Bertz CT molecular complexity index is 1660. The van der Waals surface area contributed by atoms with Crippen molar-refractivity contribution in [3.8, 4) is 11.1 Å².